The number of likely N-dealkylation sites (tertiary alicyclic amines) is 1. The smallest absolute Gasteiger partial charge is 0.263 e. The van der Waals surface area contributed by atoms with Crippen LogP contribution in [-0.2, 0) is 12.8 Å². The van der Waals surface area contributed by atoms with E-state index in [1.165, 1.54) is 49.0 Å². The van der Waals surface area contributed by atoms with Crippen LogP contribution in [0.2, 0.25) is 0 Å². The molecule has 18 heavy (non-hydrogen) atoms. The number of rotatable bonds is 1. The Labute approximate surface area is 113 Å². The van der Waals surface area contributed by atoms with E-state index < -0.39 is 0 Å². The van der Waals surface area contributed by atoms with Gasteiger partial charge in [0.1, 0.15) is 0 Å². The quantitative estimate of drug-likeness (QED) is 0.759. The van der Waals surface area contributed by atoms with Crippen LogP contribution in [0.25, 0.3) is 0 Å². The van der Waals surface area contributed by atoms with E-state index in [9.17, 15) is 4.79 Å². The summed E-state index contributed by atoms with van der Waals surface area (Å²) >= 11 is 1.75. The first-order chi connectivity index (χ1) is 8.74. The Balaban J connectivity index is 1.78. The Kier molecular flexibility index (Phi) is 3.42. The zero-order chi connectivity index (χ0) is 12.5. The van der Waals surface area contributed by atoms with Crippen molar-refractivity contribution >= 4 is 17.2 Å². The lowest BCUT2D eigenvalue weighted by Gasteiger charge is -2.26. The minimum atomic E-state index is 0.279. The van der Waals surface area contributed by atoms with Gasteiger partial charge in [0.15, 0.2) is 0 Å². The fourth-order valence-corrected chi connectivity index (χ4v) is 4.24. The number of hydrogen-bond donors (Lipinski definition) is 0. The van der Waals surface area contributed by atoms with Gasteiger partial charge in [0.05, 0.1) is 4.88 Å². The molecule has 98 valence electrons. The SMILES string of the molecule is C[C@H]1CCc2sc(C(=O)N3CCCCC3)cc2C1. The average molecular weight is 263 g/mol. The van der Waals surface area contributed by atoms with E-state index >= 15 is 0 Å². The first-order valence-corrected chi connectivity index (χ1v) is 7.96. The molecule has 0 spiro atoms. The third-order valence-corrected chi connectivity index (χ3v) is 5.41. The first kappa shape index (κ1) is 12.2. The number of piperidine rings is 1. The molecular formula is C15H21NOS. The lowest BCUT2D eigenvalue weighted by Crippen LogP contribution is -2.35. The van der Waals surface area contributed by atoms with Gasteiger partial charge < -0.3 is 4.90 Å². The Bertz CT molecular complexity index is 445. The molecule has 2 aliphatic rings. The standard InChI is InChI=1S/C15H21NOS/c1-11-5-6-13-12(9-11)10-14(18-13)15(17)16-7-3-2-4-8-16/h10-11H,2-9H2,1H3/t11-/m0/s1. The molecule has 1 saturated heterocycles. The minimum absolute atomic E-state index is 0.279. The van der Waals surface area contributed by atoms with Crippen molar-refractivity contribution < 1.29 is 4.79 Å². The fraction of sp³-hybridized carbons (Fsp3) is 0.667. The van der Waals surface area contributed by atoms with Gasteiger partial charge in [0, 0.05) is 18.0 Å². The Morgan fingerprint density at radius 1 is 1.33 bits per heavy atom. The summed E-state index contributed by atoms with van der Waals surface area (Å²) in [7, 11) is 0. The fourth-order valence-electron chi connectivity index (χ4n) is 3.06. The highest BCUT2D eigenvalue weighted by Gasteiger charge is 2.24. The molecule has 2 nitrogen and oxygen atoms in total. The van der Waals surface area contributed by atoms with Crippen LogP contribution in [0.15, 0.2) is 6.07 Å². The van der Waals surface area contributed by atoms with Gasteiger partial charge in [-0.3, -0.25) is 4.79 Å². The summed E-state index contributed by atoms with van der Waals surface area (Å²) in [6.45, 7) is 4.22. The molecule has 0 N–H and O–H groups in total. The normalized spacial score (nSPS) is 23.8. The number of nitrogens with zero attached hydrogens (tertiary/aromatic N) is 1. The first-order valence-electron chi connectivity index (χ1n) is 7.15. The van der Waals surface area contributed by atoms with Gasteiger partial charge in [-0.05, 0) is 56.1 Å². The predicted molar refractivity (Wildman–Crippen MR) is 75.3 cm³/mol. The van der Waals surface area contributed by atoms with E-state index in [2.05, 4.69) is 13.0 Å². The second-order valence-corrected chi connectivity index (χ2v) is 6.90. The number of carbonyl (C=O) groups excluding carboxylic acids is 1. The van der Waals surface area contributed by atoms with Crippen molar-refractivity contribution in [3.63, 3.8) is 0 Å². The summed E-state index contributed by atoms with van der Waals surface area (Å²) in [6.07, 6.45) is 7.25. The highest BCUT2D eigenvalue weighted by molar-refractivity contribution is 7.14. The molecule has 2 heterocycles. The van der Waals surface area contributed by atoms with Crippen LogP contribution >= 0.6 is 11.3 Å². The molecule has 3 rings (SSSR count). The molecule has 1 aliphatic heterocycles. The number of hydrogen-bond acceptors (Lipinski definition) is 2. The van der Waals surface area contributed by atoms with Gasteiger partial charge in [-0.2, -0.15) is 0 Å². The molecular weight excluding hydrogens is 242 g/mol. The van der Waals surface area contributed by atoms with Crippen molar-refractivity contribution in [2.45, 2.75) is 45.4 Å². The monoisotopic (exact) mass is 263 g/mol. The van der Waals surface area contributed by atoms with E-state index in [0.29, 0.717) is 0 Å². The number of fused-ring (bicyclic) bond motifs is 1. The van der Waals surface area contributed by atoms with Crippen molar-refractivity contribution in [3.05, 3.63) is 21.4 Å². The van der Waals surface area contributed by atoms with Crippen molar-refractivity contribution in [1.82, 2.24) is 4.90 Å². The molecule has 1 aromatic rings. The van der Waals surface area contributed by atoms with Crippen molar-refractivity contribution in [2.24, 2.45) is 5.92 Å². The van der Waals surface area contributed by atoms with Gasteiger partial charge in [-0.1, -0.05) is 6.92 Å². The second-order valence-electron chi connectivity index (χ2n) is 5.76. The highest BCUT2D eigenvalue weighted by atomic mass is 32.1. The number of amides is 1. The van der Waals surface area contributed by atoms with E-state index in [0.717, 1.165) is 23.9 Å². The van der Waals surface area contributed by atoms with Gasteiger partial charge in [-0.15, -0.1) is 11.3 Å². The zero-order valence-electron chi connectivity index (χ0n) is 11.1. The van der Waals surface area contributed by atoms with E-state index in [1.54, 1.807) is 11.3 Å². The van der Waals surface area contributed by atoms with Crippen LogP contribution in [0.5, 0.6) is 0 Å². The van der Waals surface area contributed by atoms with Gasteiger partial charge in [0.25, 0.3) is 5.91 Å². The third-order valence-electron chi connectivity index (χ3n) is 4.18. The highest BCUT2D eigenvalue weighted by Crippen LogP contribution is 2.33. The Hall–Kier alpha value is -0.830. The third kappa shape index (κ3) is 2.33. The van der Waals surface area contributed by atoms with Crippen LogP contribution in [0, 0.1) is 5.92 Å². The summed E-state index contributed by atoms with van der Waals surface area (Å²) in [4.78, 5) is 16.9. The number of aryl methyl sites for hydroxylation is 1. The number of carbonyl (C=O) groups is 1. The number of thiophene rings is 1. The second kappa shape index (κ2) is 5.04. The molecule has 1 aromatic heterocycles. The maximum absolute atomic E-state index is 12.4. The molecule has 1 aliphatic carbocycles. The molecule has 3 heteroatoms. The largest absolute Gasteiger partial charge is 0.338 e. The zero-order valence-corrected chi connectivity index (χ0v) is 11.9. The van der Waals surface area contributed by atoms with Gasteiger partial charge in [-0.25, -0.2) is 0 Å². The van der Waals surface area contributed by atoms with Crippen LogP contribution in [0.4, 0.5) is 0 Å². The Morgan fingerprint density at radius 3 is 2.89 bits per heavy atom. The predicted octanol–water partition coefficient (Wildman–Crippen LogP) is 3.50. The maximum Gasteiger partial charge on any atom is 0.263 e. The minimum Gasteiger partial charge on any atom is -0.338 e. The van der Waals surface area contributed by atoms with E-state index in [1.807, 2.05) is 4.90 Å². The summed E-state index contributed by atoms with van der Waals surface area (Å²) in [5, 5.41) is 0. The Morgan fingerprint density at radius 2 is 2.11 bits per heavy atom. The van der Waals surface area contributed by atoms with E-state index in [-0.39, 0.29) is 5.91 Å². The topological polar surface area (TPSA) is 20.3 Å². The molecule has 1 amide bonds. The average Bonchev–Trinajstić information content (AvgIpc) is 2.81. The van der Waals surface area contributed by atoms with Gasteiger partial charge >= 0.3 is 0 Å². The molecule has 1 fully saturated rings. The van der Waals surface area contributed by atoms with Gasteiger partial charge in [0.2, 0.25) is 0 Å². The van der Waals surface area contributed by atoms with Crippen molar-refractivity contribution in [1.29, 1.82) is 0 Å². The summed E-state index contributed by atoms with van der Waals surface area (Å²) in [5.41, 5.74) is 1.44. The molecule has 0 bridgehead atoms. The van der Waals surface area contributed by atoms with Crippen molar-refractivity contribution in [3.8, 4) is 0 Å². The van der Waals surface area contributed by atoms with Crippen molar-refractivity contribution in [2.75, 3.05) is 13.1 Å². The molecule has 1 atom stereocenters. The summed E-state index contributed by atoms with van der Waals surface area (Å²) in [5.74, 6) is 1.06. The maximum atomic E-state index is 12.4. The molecule has 0 saturated carbocycles. The van der Waals surface area contributed by atoms with Crippen LogP contribution < -0.4 is 0 Å². The lowest BCUT2D eigenvalue weighted by molar-refractivity contribution is 0.0729. The molecule has 0 radical (unpaired) electrons. The van der Waals surface area contributed by atoms with E-state index in [4.69, 9.17) is 0 Å². The molecule has 0 unspecified atom stereocenters. The van der Waals surface area contributed by atoms with Crippen LogP contribution in [0.3, 0.4) is 0 Å². The summed E-state index contributed by atoms with van der Waals surface area (Å²) in [6, 6.07) is 2.17. The van der Waals surface area contributed by atoms with Crippen LogP contribution in [-0.4, -0.2) is 23.9 Å². The summed E-state index contributed by atoms with van der Waals surface area (Å²) < 4.78 is 0. The molecule has 0 aromatic carbocycles. The van der Waals surface area contributed by atoms with Crippen LogP contribution in [0.1, 0.15) is 52.7 Å². The lowest BCUT2D eigenvalue weighted by atomic mass is 9.90.